The van der Waals surface area contributed by atoms with Gasteiger partial charge in [-0.1, -0.05) is 0 Å². The quantitative estimate of drug-likeness (QED) is 0.596. The third kappa shape index (κ3) is 8.01. The van der Waals surface area contributed by atoms with Gasteiger partial charge in [0.25, 0.3) is 0 Å². The van der Waals surface area contributed by atoms with Crippen LogP contribution in [0.5, 0.6) is 0 Å². The zero-order chi connectivity index (χ0) is 11.0. The molecule has 0 aromatic carbocycles. The third-order valence-corrected chi connectivity index (χ3v) is 1.81. The number of nitrogens with one attached hydrogen (secondary N) is 1. The summed E-state index contributed by atoms with van der Waals surface area (Å²) in [6, 6.07) is 0.265. The first-order chi connectivity index (χ1) is 6.56. The van der Waals surface area contributed by atoms with Gasteiger partial charge in [0.1, 0.15) is 0 Å². The van der Waals surface area contributed by atoms with Gasteiger partial charge in [0, 0.05) is 25.1 Å². The zero-order valence-corrected chi connectivity index (χ0v) is 9.38. The van der Waals surface area contributed by atoms with E-state index < -0.39 is 0 Å². The van der Waals surface area contributed by atoms with Crippen LogP contribution in [-0.2, 0) is 9.53 Å². The van der Waals surface area contributed by atoms with E-state index in [1.807, 2.05) is 20.8 Å². The maximum absolute atomic E-state index is 11.3. The third-order valence-electron chi connectivity index (χ3n) is 1.81. The highest BCUT2D eigenvalue weighted by atomic mass is 16.5. The minimum Gasteiger partial charge on any atom is -0.381 e. The minimum absolute atomic E-state index is 0.0339. The maximum Gasteiger partial charge on any atom is 0.222 e. The number of hydrogen-bond donors (Lipinski definition) is 2. The van der Waals surface area contributed by atoms with Crippen molar-refractivity contribution in [1.29, 1.82) is 0 Å². The molecule has 0 aliphatic rings. The molecule has 84 valence electrons. The van der Waals surface area contributed by atoms with Crippen molar-refractivity contribution in [3.05, 3.63) is 0 Å². The van der Waals surface area contributed by atoms with Gasteiger partial charge in [-0.3, -0.25) is 4.79 Å². The van der Waals surface area contributed by atoms with Crippen LogP contribution in [0.15, 0.2) is 0 Å². The van der Waals surface area contributed by atoms with Gasteiger partial charge < -0.3 is 15.8 Å². The second-order valence-electron chi connectivity index (χ2n) is 3.63. The summed E-state index contributed by atoms with van der Waals surface area (Å²) in [6.45, 7) is 6.96. The minimum atomic E-state index is 0.0339. The van der Waals surface area contributed by atoms with Gasteiger partial charge in [-0.25, -0.2) is 0 Å². The Morgan fingerprint density at radius 1 is 1.50 bits per heavy atom. The van der Waals surface area contributed by atoms with Crippen LogP contribution in [0, 0.1) is 0 Å². The number of carbonyl (C=O) groups excluding carboxylic acids is 1. The molecule has 2 unspecified atom stereocenters. The fraction of sp³-hybridized carbons (Fsp3) is 0.900. The molecule has 0 aromatic heterocycles. The highest BCUT2D eigenvalue weighted by molar-refractivity contribution is 5.76. The summed E-state index contributed by atoms with van der Waals surface area (Å²) in [5.74, 6) is 0.0339. The van der Waals surface area contributed by atoms with E-state index in [1.54, 1.807) is 0 Å². The van der Waals surface area contributed by atoms with Crippen LogP contribution < -0.4 is 11.1 Å². The van der Waals surface area contributed by atoms with E-state index in [9.17, 15) is 4.79 Å². The molecule has 0 heterocycles. The number of rotatable bonds is 7. The first-order valence-corrected chi connectivity index (χ1v) is 5.19. The average molecular weight is 202 g/mol. The largest absolute Gasteiger partial charge is 0.381 e. The second kappa shape index (κ2) is 7.76. The Bertz CT molecular complexity index is 160. The van der Waals surface area contributed by atoms with Crippen molar-refractivity contribution < 1.29 is 9.53 Å². The van der Waals surface area contributed by atoms with E-state index in [2.05, 4.69) is 5.32 Å². The Hall–Kier alpha value is -0.610. The summed E-state index contributed by atoms with van der Waals surface area (Å²) in [7, 11) is 0. The standard InChI is InChI=1S/C10H22N2O2/c1-4-14-6-5-10(13)12-9(3)7-8(2)11/h8-9H,4-7,11H2,1-3H3,(H,12,13). The molecule has 2 atom stereocenters. The Kier molecular flexibility index (Phi) is 7.42. The molecule has 4 nitrogen and oxygen atoms in total. The molecule has 0 rings (SSSR count). The molecule has 1 amide bonds. The van der Waals surface area contributed by atoms with Gasteiger partial charge in [-0.2, -0.15) is 0 Å². The predicted octanol–water partition coefficient (Wildman–Crippen LogP) is 0.655. The molecule has 0 saturated heterocycles. The van der Waals surface area contributed by atoms with Crippen molar-refractivity contribution in [2.45, 2.75) is 45.7 Å². The zero-order valence-electron chi connectivity index (χ0n) is 9.38. The lowest BCUT2D eigenvalue weighted by Crippen LogP contribution is -2.36. The summed E-state index contributed by atoms with van der Waals surface area (Å²) in [4.78, 5) is 11.3. The van der Waals surface area contributed by atoms with E-state index in [0.717, 1.165) is 6.42 Å². The summed E-state index contributed by atoms with van der Waals surface area (Å²) < 4.78 is 5.08. The lowest BCUT2D eigenvalue weighted by molar-refractivity contribution is -0.122. The highest BCUT2D eigenvalue weighted by Crippen LogP contribution is 1.95. The molecule has 4 heteroatoms. The summed E-state index contributed by atoms with van der Waals surface area (Å²) in [6.07, 6.45) is 1.23. The van der Waals surface area contributed by atoms with Crippen LogP contribution in [0.3, 0.4) is 0 Å². The summed E-state index contributed by atoms with van der Waals surface area (Å²) in [5.41, 5.74) is 5.61. The van der Waals surface area contributed by atoms with Crippen LogP contribution in [0.25, 0.3) is 0 Å². The Labute approximate surface area is 86.2 Å². The first-order valence-electron chi connectivity index (χ1n) is 5.19. The normalized spacial score (nSPS) is 14.9. The lowest BCUT2D eigenvalue weighted by Gasteiger charge is -2.15. The van der Waals surface area contributed by atoms with E-state index in [4.69, 9.17) is 10.5 Å². The fourth-order valence-electron chi connectivity index (χ4n) is 1.27. The van der Waals surface area contributed by atoms with E-state index in [0.29, 0.717) is 19.6 Å². The van der Waals surface area contributed by atoms with Crippen molar-refractivity contribution in [3.8, 4) is 0 Å². The van der Waals surface area contributed by atoms with E-state index in [1.165, 1.54) is 0 Å². The molecule has 0 radical (unpaired) electrons. The molecule has 0 bridgehead atoms. The monoisotopic (exact) mass is 202 g/mol. The lowest BCUT2D eigenvalue weighted by atomic mass is 10.1. The van der Waals surface area contributed by atoms with Gasteiger partial charge in [-0.15, -0.1) is 0 Å². The number of nitrogens with two attached hydrogens (primary N) is 1. The molecule has 0 spiro atoms. The number of carbonyl (C=O) groups is 1. The Balaban J connectivity index is 3.50. The molecule has 0 fully saturated rings. The molecular weight excluding hydrogens is 180 g/mol. The van der Waals surface area contributed by atoms with Crippen molar-refractivity contribution in [2.24, 2.45) is 5.73 Å². The smallest absolute Gasteiger partial charge is 0.222 e. The van der Waals surface area contributed by atoms with Crippen LogP contribution in [0.2, 0.25) is 0 Å². The Morgan fingerprint density at radius 3 is 2.64 bits per heavy atom. The second-order valence-corrected chi connectivity index (χ2v) is 3.63. The first kappa shape index (κ1) is 13.4. The van der Waals surface area contributed by atoms with Crippen molar-refractivity contribution in [2.75, 3.05) is 13.2 Å². The maximum atomic E-state index is 11.3. The number of hydrogen-bond acceptors (Lipinski definition) is 3. The van der Waals surface area contributed by atoms with Gasteiger partial charge in [0.05, 0.1) is 6.61 Å². The van der Waals surface area contributed by atoms with E-state index in [-0.39, 0.29) is 18.0 Å². The van der Waals surface area contributed by atoms with Crippen LogP contribution in [-0.4, -0.2) is 31.2 Å². The van der Waals surface area contributed by atoms with E-state index >= 15 is 0 Å². The molecule has 14 heavy (non-hydrogen) atoms. The number of amides is 1. The molecule has 3 N–H and O–H groups in total. The van der Waals surface area contributed by atoms with Gasteiger partial charge >= 0.3 is 0 Å². The van der Waals surface area contributed by atoms with Crippen LogP contribution in [0.1, 0.15) is 33.6 Å². The summed E-state index contributed by atoms with van der Waals surface area (Å²) in [5, 5.41) is 2.87. The summed E-state index contributed by atoms with van der Waals surface area (Å²) >= 11 is 0. The van der Waals surface area contributed by atoms with Crippen molar-refractivity contribution >= 4 is 5.91 Å². The van der Waals surface area contributed by atoms with Crippen molar-refractivity contribution in [1.82, 2.24) is 5.32 Å². The molecule has 0 saturated carbocycles. The average Bonchev–Trinajstić information content (AvgIpc) is 2.02. The molecule has 0 aliphatic carbocycles. The SMILES string of the molecule is CCOCCC(=O)NC(C)CC(C)N. The Morgan fingerprint density at radius 2 is 2.14 bits per heavy atom. The highest BCUT2D eigenvalue weighted by Gasteiger charge is 2.08. The van der Waals surface area contributed by atoms with Gasteiger partial charge in [-0.05, 0) is 27.2 Å². The van der Waals surface area contributed by atoms with Crippen LogP contribution >= 0.6 is 0 Å². The van der Waals surface area contributed by atoms with Crippen molar-refractivity contribution in [3.63, 3.8) is 0 Å². The van der Waals surface area contributed by atoms with Gasteiger partial charge in [0.2, 0.25) is 5.91 Å². The molecule has 0 aromatic rings. The predicted molar refractivity (Wildman–Crippen MR) is 57.0 cm³/mol. The molecule has 0 aliphatic heterocycles. The fourth-order valence-corrected chi connectivity index (χ4v) is 1.27. The number of ether oxygens (including phenoxy) is 1. The molecular formula is C10H22N2O2. The van der Waals surface area contributed by atoms with Gasteiger partial charge in [0.15, 0.2) is 0 Å². The topological polar surface area (TPSA) is 64.3 Å². The van der Waals surface area contributed by atoms with Crippen LogP contribution in [0.4, 0.5) is 0 Å².